The molecule has 7 nitrogen and oxygen atoms in total. The van der Waals surface area contributed by atoms with Crippen molar-refractivity contribution in [2.45, 2.75) is 19.0 Å². The highest BCUT2D eigenvalue weighted by Gasteiger charge is 2.41. The quantitative estimate of drug-likeness (QED) is 0.880. The topological polar surface area (TPSA) is 92.7 Å². The molecule has 0 spiro atoms. The van der Waals surface area contributed by atoms with Gasteiger partial charge in [-0.15, -0.1) is 0 Å². The van der Waals surface area contributed by atoms with E-state index in [0.717, 1.165) is 31.2 Å². The van der Waals surface area contributed by atoms with Crippen molar-refractivity contribution in [3.8, 4) is 5.82 Å². The monoisotopic (exact) mass is 327 g/mol. The lowest BCUT2D eigenvalue weighted by molar-refractivity contribution is -0.143. The predicted octanol–water partition coefficient (Wildman–Crippen LogP) is 1.11. The van der Waals surface area contributed by atoms with E-state index < -0.39 is 28.9 Å². The van der Waals surface area contributed by atoms with Crippen LogP contribution in [0.3, 0.4) is 0 Å². The largest absolute Gasteiger partial charge is 0.434 e. The fraction of sp³-hybridized carbons (Fsp3) is 0.385. The summed E-state index contributed by atoms with van der Waals surface area (Å²) in [6.07, 6.45) is -2.03. The highest BCUT2D eigenvalue weighted by molar-refractivity contribution is 5.95. The van der Waals surface area contributed by atoms with Gasteiger partial charge >= 0.3 is 6.18 Å². The van der Waals surface area contributed by atoms with Gasteiger partial charge in [-0.25, -0.2) is 9.78 Å². The van der Waals surface area contributed by atoms with E-state index in [1.165, 1.54) is 0 Å². The maximum Gasteiger partial charge on any atom is 0.434 e. The molecule has 3 rings (SSSR count). The van der Waals surface area contributed by atoms with Gasteiger partial charge in [0.1, 0.15) is 0 Å². The number of H-pyrrole nitrogens is 1. The third kappa shape index (κ3) is 3.25. The molecule has 0 saturated heterocycles. The van der Waals surface area contributed by atoms with Crippen molar-refractivity contribution >= 4 is 5.91 Å². The van der Waals surface area contributed by atoms with Crippen molar-refractivity contribution < 1.29 is 18.0 Å². The molecule has 0 atom stereocenters. The standard InChI is InChI=1S/C13H12F3N5O2/c14-13(15,16)11-8(12(23)17-5-7-1-2-7)6-18-21(11)9-3-4-10(22)20-19-9/h3-4,6-7H,1-2,5H2,(H,17,23)(H,20,22). The Morgan fingerprint density at radius 1 is 1.39 bits per heavy atom. The zero-order valence-electron chi connectivity index (χ0n) is 11.7. The molecule has 0 radical (unpaired) electrons. The number of hydrogen-bond donors (Lipinski definition) is 2. The van der Waals surface area contributed by atoms with E-state index >= 15 is 0 Å². The number of carbonyl (C=O) groups excluding carboxylic acids is 1. The molecule has 1 saturated carbocycles. The predicted molar refractivity (Wildman–Crippen MR) is 72.0 cm³/mol. The van der Waals surface area contributed by atoms with Crippen LogP contribution in [0.25, 0.3) is 5.82 Å². The summed E-state index contributed by atoms with van der Waals surface area (Å²) in [5, 5.41) is 11.6. The third-order valence-electron chi connectivity index (χ3n) is 3.41. The van der Waals surface area contributed by atoms with Gasteiger partial charge in [0.15, 0.2) is 11.5 Å². The van der Waals surface area contributed by atoms with Gasteiger partial charge < -0.3 is 5.32 Å². The third-order valence-corrected chi connectivity index (χ3v) is 3.41. The Bertz CT molecular complexity index is 771. The second kappa shape index (κ2) is 5.52. The molecule has 2 aromatic heterocycles. The van der Waals surface area contributed by atoms with E-state index in [-0.39, 0.29) is 5.82 Å². The van der Waals surface area contributed by atoms with Crippen LogP contribution in [0.1, 0.15) is 28.9 Å². The summed E-state index contributed by atoms with van der Waals surface area (Å²) in [7, 11) is 0. The lowest BCUT2D eigenvalue weighted by Gasteiger charge is -2.11. The number of aromatic amines is 1. The Hall–Kier alpha value is -2.65. The number of alkyl halides is 3. The van der Waals surface area contributed by atoms with Crippen LogP contribution in [-0.2, 0) is 6.18 Å². The van der Waals surface area contributed by atoms with E-state index in [2.05, 4.69) is 15.5 Å². The number of aromatic nitrogens is 4. The first-order chi connectivity index (χ1) is 10.9. The minimum absolute atomic E-state index is 0.238. The van der Waals surface area contributed by atoms with Crippen LogP contribution in [0.15, 0.2) is 23.1 Å². The van der Waals surface area contributed by atoms with Crippen molar-refractivity contribution in [1.29, 1.82) is 0 Å². The number of carbonyl (C=O) groups is 1. The van der Waals surface area contributed by atoms with Crippen molar-refractivity contribution in [3.63, 3.8) is 0 Å². The second-order valence-electron chi connectivity index (χ2n) is 5.25. The first-order valence-corrected chi connectivity index (χ1v) is 6.86. The van der Waals surface area contributed by atoms with Gasteiger partial charge in [-0.1, -0.05) is 0 Å². The molecule has 2 heterocycles. The van der Waals surface area contributed by atoms with E-state index in [1.54, 1.807) is 0 Å². The molecule has 1 aliphatic rings. The van der Waals surface area contributed by atoms with E-state index in [9.17, 15) is 22.8 Å². The Balaban J connectivity index is 1.98. The number of halogens is 3. The lowest BCUT2D eigenvalue weighted by atomic mass is 10.2. The van der Waals surface area contributed by atoms with E-state index in [4.69, 9.17) is 0 Å². The molecule has 0 aromatic carbocycles. The zero-order chi connectivity index (χ0) is 16.6. The van der Waals surface area contributed by atoms with Gasteiger partial charge in [0, 0.05) is 12.6 Å². The molecule has 1 amide bonds. The molecule has 0 unspecified atom stereocenters. The summed E-state index contributed by atoms with van der Waals surface area (Å²) in [6, 6.07) is 2.12. The summed E-state index contributed by atoms with van der Waals surface area (Å²) >= 11 is 0. The maximum atomic E-state index is 13.3. The normalized spacial score (nSPS) is 14.7. The van der Waals surface area contributed by atoms with Crippen molar-refractivity contribution in [3.05, 3.63) is 39.9 Å². The molecular formula is C13H12F3N5O2. The van der Waals surface area contributed by atoms with Crippen LogP contribution in [0.2, 0.25) is 0 Å². The smallest absolute Gasteiger partial charge is 0.352 e. The highest BCUT2D eigenvalue weighted by atomic mass is 19.4. The molecule has 0 aliphatic heterocycles. The minimum Gasteiger partial charge on any atom is -0.352 e. The average molecular weight is 327 g/mol. The Kier molecular flexibility index (Phi) is 3.66. The molecule has 1 aliphatic carbocycles. The van der Waals surface area contributed by atoms with Gasteiger partial charge in [0.25, 0.3) is 11.5 Å². The fourth-order valence-corrected chi connectivity index (χ4v) is 2.07. The van der Waals surface area contributed by atoms with Crippen LogP contribution in [-0.4, -0.2) is 32.4 Å². The second-order valence-corrected chi connectivity index (χ2v) is 5.25. The van der Waals surface area contributed by atoms with Gasteiger partial charge in [-0.2, -0.15) is 23.4 Å². The van der Waals surface area contributed by atoms with Crippen LogP contribution < -0.4 is 10.9 Å². The molecule has 2 N–H and O–H groups in total. The Morgan fingerprint density at radius 2 is 2.13 bits per heavy atom. The van der Waals surface area contributed by atoms with Crippen LogP contribution >= 0.6 is 0 Å². The van der Waals surface area contributed by atoms with Crippen LogP contribution in [0.4, 0.5) is 13.2 Å². The minimum atomic E-state index is -4.80. The summed E-state index contributed by atoms with van der Waals surface area (Å²) in [6.45, 7) is 0.345. The van der Waals surface area contributed by atoms with Crippen molar-refractivity contribution in [2.24, 2.45) is 5.92 Å². The number of rotatable bonds is 4. The molecule has 0 bridgehead atoms. The summed E-state index contributed by atoms with van der Waals surface area (Å²) < 4.78 is 40.5. The Morgan fingerprint density at radius 3 is 2.70 bits per heavy atom. The van der Waals surface area contributed by atoms with E-state index in [1.807, 2.05) is 5.10 Å². The maximum absolute atomic E-state index is 13.3. The highest BCUT2D eigenvalue weighted by Crippen LogP contribution is 2.33. The number of nitrogens with zero attached hydrogens (tertiary/aromatic N) is 3. The first kappa shape index (κ1) is 15.3. The number of hydrogen-bond acceptors (Lipinski definition) is 4. The zero-order valence-corrected chi connectivity index (χ0v) is 11.7. The first-order valence-electron chi connectivity index (χ1n) is 6.86. The number of amides is 1. The average Bonchev–Trinajstić information content (AvgIpc) is 3.20. The van der Waals surface area contributed by atoms with Gasteiger partial charge in [0.05, 0.1) is 11.8 Å². The lowest BCUT2D eigenvalue weighted by Crippen LogP contribution is -2.28. The SMILES string of the molecule is O=C(NCC1CC1)c1cnn(-c2ccc(=O)[nH]n2)c1C(F)(F)F. The summed E-state index contributed by atoms with van der Waals surface area (Å²) in [5.41, 5.74) is -2.37. The molecule has 10 heteroatoms. The van der Waals surface area contributed by atoms with Gasteiger partial charge in [-0.3, -0.25) is 9.59 Å². The van der Waals surface area contributed by atoms with Crippen LogP contribution in [0.5, 0.6) is 0 Å². The molecule has 122 valence electrons. The fourth-order valence-electron chi connectivity index (χ4n) is 2.07. The van der Waals surface area contributed by atoms with Gasteiger partial charge in [0.2, 0.25) is 0 Å². The van der Waals surface area contributed by atoms with E-state index in [0.29, 0.717) is 17.1 Å². The van der Waals surface area contributed by atoms with Crippen molar-refractivity contribution in [1.82, 2.24) is 25.3 Å². The Labute approximate surface area is 127 Å². The summed E-state index contributed by atoms with van der Waals surface area (Å²) in [4.78, 5) is 23.0. The molecule has 2 aromatic rings. The number of nitrogens with one attached hydrogen (secondary N) is 2. The van der Waals surface area contributed by atoms with Gasteiger partial charge in [-0.05, 0) is 24.8 Å². The van der Waals surface area contributed by atoms with Crippen LogP contribution in [0, 0.1) is 5.92 Å². The molecular weight excluding hydrogens is 315 g/mol. The van der Waals surface area contributed by atoms with Crippen molar-refractivity contribution in [2.75, 3.05) is 6.54 Å². The molecule has 23 heavy (non-hydrogen) atoms. The summed E-state index contributed by atoms with van der Waals surface area (Å²) in [5.74, 6) is -0.734. The molecule has 1 fully saturated rings.